The maximum atomic E-state index is 13.2. The van der Waals surface area contributed by atoms with Gasteiger partial charge in [0.15, 0.2) is 0 Å². The summed E-state index contributed by atoms with van der Waals surface area (Å²) < 4.78 is 45.8. The van der Waals surface area contributed by atoms with Crippen molar-refractivity contribution >= 4 is 49.2 Å². The summed E-state index contributed by atoms with van der Waals surface area (Å²) in [5.74, 6) is -1.30. The van der Waals surface area contributed by atoms with E-state index in [1.807, 2.05) is 0 Å². The van der Waals surface area contributed by atoms with Crippen LogP contribution < -0.4 is 4.31 Å². The fourth-order valence-electron chi connectivity index (χ4n) is 2.13. The summed E-state index contributed by atoms with van der Waals surface area (Å²) in [6, 6.07) is 8.88. The number of halogens is 3. The molecule has 0 saturated heterocycles. The van der Waals surface area contributed by atoms with Crippen LogP contribution in [0.25, 0.3) is 0 Å². The van der Waals surface area contributed by atoms with Crippen LogP contribution in [0.1, 0.15) is 13.8 Å². The first-order valence-electron chi connectivity index (χ1n) is 7.54. The largest absolute Gasteiger partial charge is 0.462 e. The minimum Gasteiger partial charge on any atom is -0.462 e. The molecule has 0 atom stereocenters. The number of ether oxygens (including phenoxy) is 1. The Kier molecular flexibility index (Phi) is 6.65. The lowest BCUT2D eigenvalue weighted by atomic mass is 10.3. The second-order valence-corrected chi connectivity index (χ2v) is 8.79. The zero-order valence-electron chi connectivity index (χ0n) is 13.9. The monoisotopic (exact) mass is 463 g/mol. The molecule has 0 heterocycles. The molecule has 0 fully saturated rings. The SMILES string of the molecule is CC(C)OC(=O)CN(c1ccc(Br)cc1Cl)S(=O)(=O)c1ccc(F)cc1. The molecule has 0 bridgehead atoms. The highest BCUT2D eigenvalue weighted by Gasteiger charge is 2.29. The predicted molar refractivity (Wildman–Crippen MR) is 101 cm³/mol. The van der Waals surface area contributed by atoms with E-state index in [1.165, 1.54) is 12.1 Å². The van der Waals surface area contributed by atoms with Gasteiger partial charge in [-0.1, -0.05) is 27.5 Å². The fourth-order valence-corrected chi connectivity index (χ4v) is 4.39. The Morgan fingerprint density at radius 1 is 1.23 bits per heavy atom. The van der Waals surface area contributed by atoms with E-state index in [2.05, 4.69) is 15.9 Å². The number of carbonyl (C=O) groups excluding carboxylic acids is 1. The van der Waals surface area contributed by atoms with Gasteiger partial charge in [-0.05, 0) is 56.3 Å². The Bertz CT molecular complexity index is 903. The van der Waals surface area contributed by atoms with Crippen molar-refractivity contribution in [2.45, 2.75) is 24.8 Å². The molecule has 0 N–H and O–H groups in total. The van der Waals surface area contributed by atoms with Gasteiger partial charge in [0.1, 0.15) is 12.4 Å². The number of nitrogens with zero attached hydrogens (tertiary/aromatic N) is 1. The first kappa shape index (κ1) is 20.7. The molecule has 0 amide bonds. The van der Waals surface area contributed by atoms with Gasteiger partial charge in [-0.2, -0.15) is 0 Å². The van der Waals surface area contributed by atoms with E-state index in [9.17, 15) is 17.6 Å². The summed E-state index contributed by atoms with van der Waals surface area (Å²) in [4.78, 5) is 11.9. The van der Waals surface area contributed by atoms with E-state index < -0.39 is 34.5 Å². The molecule has 9 heteroatoms. The highest BCUT2D eigenvalue weighted by atomic mass is 79.9. The Hall–Kier alpha value is -1.64. The number of carbonyl (C=O) groups is 1. The lowest BCUT2D eigenvalue weighted by molar-refractivity contribution is -0.145. The molecular formula is C17H16BrClFNO4S. The first-order valence-corrected chi connectivity index (χ1v) is 10.1. The van der Waals surface area contributed by atoms with Crippen molar-refractivity contribution in [3.8, 4) is 0 Å². The molecule has 0 aromatic heterocycles. The summed E-state index contributed by atoms with van der Waals surface area (Å²) in [5.41, 5.74) is 0.111. The van der Waals surface area contributed by atoms with Gasteiger partial charge in [0.2, 0.25) is 0 Å². The third-order valence-corrected chi connectivity index (χ3v) is 5.79. The zero-order valence-corrected chi connectivity index (χ0v) is 17.1. The van der Waals surface area contributed by atoms with Crippen LogP contribution in [-0.2, 0) is 19.6 Å². The molecule has 0 aliphatic carbocycles. The molecule has 0 spiro atoms. The van der Waals surface area contributed by atoms with E-state index in [1.54, 1.807) is 19.9 Å². The number of hydrogen-bond donors (Lipinski definition) is 0. The quantitative estimate of drug-likeness (QED) is 0.595. The van der Waals surface area contributed by atoms with Crippen LogP contribution in [0.5, 0.6) is 0 Å². The fraction of sp³-hybridized carbons (Fsp3) is 0.235. The Labute approximate surface area is 164 Å². The highest BCUT2D eigenvalue weighted by Crippen LogP contribution is 2.32. The molecule has 2 aromatic rings. The molecule has 26 heavy (non-hydrogen) atoms. The van der Waals surface area contributed by atoms with Crippen molar-refractivity contribution in [2.24, 2.45) is 0 Å². The van der Waals surface area contributed by atoms with Gasteiger partial charge in [0, 0.05) is 4.47 Å². The van der Waals surface area contributed by atoms with Crippen LogP contribution in [0.15, 0.2) is 51.8 Å². The molecule has 0 unspecified atom stereocenters. The van der Waals surface area contributed by atoms with Crippen molar-refractivity contribution in [3.05, 3.63) is 57.8 Å². The predicted octanol–water partition coefficient (Wildman–Crippen LogP) is 4.39. The highest BCUT2D eigenvalue weighted by molar-refractivity contribution is 9.10. The average Bonchev–Trinajstić information content (AvgIpc) is 2.53. The minimum absolute atomic E-state index is 0.111. The molecular weight excluding hydrogens is 449 g/mol. The Morgan fingerprint density at radius 3 is 2.38 bits per heavy atom. The maximum absolute atomic E-state index is 13.2. The van der Waals surface area contributed by atoms with Crippen LogP contribution in [0.4, 0.5) is 10.1 Å². The molecule has 140 valence electrons. The van der Waals surface area contributed by atoms with E-state index in [-0.39, 0.29) is 15.6 Å². The van der Waals surface area contributed by atoms with Crippen LogP contribution in [0.3, 0.4) is 0 Å². The number of rotatable bonds is 6. The molecule has 0 aliphatic heterocycles. The lowest BCUT2D eigenvalue weighted by Gasteiger charge is -2.25. The number of esters is 1. The summed E-state index contributed by atoms with van der Waals surface area (Å²) in [7, 11) is -4.17. The Morgan fingerprint density at radius 2 is 1.85 bits per heavy atom. The number of hydrogen-bond acceptors (Lipinski definition) is 4. The molecule has 5 nitrogen and oxygen atoms in total. The van der Waals surface area contributed by atoms with E-state index >= 15 is 0 Å². The van der Waals surface area contributed by atoms with Gasteiger partial charge in [-0.25, -0.2) is 12.8 Å². The molecule has 2 aromatic carbocycles. The van der Waals surface area contributed by atoms with Crippen LogP contribution in [0.2, 0.25) is 5.02 Å². The second kappa shape index (κ2) is 8.37. The summed E-state index contributed by atoms with van der Waals surface area (Å²) in [6.45, 7) is 2.74. The van der Waals surface area contributed by atoms with Crippen LogP contribution in [0, 0.1) is 5.82 Å². The summed E-state index contributed by atoms with van der Waals surface area (Å²) in [6.07, 6.45) is -0.404. The van der Waals surface area contributed by atoms with Gasteiger partial charge < -0.3 is 4.74 Å². The smallest absolute Gasteiger partial charge is 0.327 e. The zero-order chi connectivity index (χ0) is 19.5. The second-order valence-electron chi connectivity index (χ2n) is 5.60. The molecule has 0 radical (unpaired) electrons. The van der Waals surface area contributed by atoms with E-state index in [4.69, 9.17) is 16.3 Å². The van der Waals surface area contributed by atoms with Crippen molar-refractivity contribution in [3.63, 3.8) is 0 Å². The summed E-state index contributed by atoms with van der Waals surface area (Å²) >= 11 is 9.43. The van der Waals surface area contributed by atoms with Crippen molar-refractivity contribution in [2.75, 3.05) is 10.8 Å². The van der Waals surface area contributed by atoms with Crippen molar-refractivity contribution in [1.82, 2.24) is 0 Å². The normalized spacial score (nSPS) is 11.5. The van der Waals surface area contributed by atoms with Gasteiger partial charge in [-0.3, -0.25) is 9.10 Å². The third kappa shape index (κ3) is 4.96. The van der Waals surface area contributed by atoms with Crippen LogP contribution >= 0.6 is 27.5 Å². The average molecular weight is 465 g/mol. The topological polar surface area (TPSA) is 63.7 Å². The van der Waals surface area contributed by atoms with Crippen LogP contribution in [-0.4, -0.2) is 27.0 Å². The van der Waals surface area contributed by atoms with E-state index in [0.717, 1.165) is 28.6 Å². The standard InChI is InChI=1S/C17H16BrClFNO4S/c1-11(2)25-17(22)10-21(16-8-3-12(18)9-15(16)19)26(23,24)14-6-4-13(20)5-7-14/h3-9,11H,10H2,1-2H3. The van der Waals surface area contributed by atoms with Gasteiger partial charge in [0.05, 0.1) is 21.7 Å². The van der Waals surface area contributed by atoms with Gasteiger partial charge in [-0.15, -0.1) is 0 Å². The maximum Gasteiger partial charge on any atom is 0.327 e. The lowest BCUT2D eigenvalue weighted by Crippen LogP contribution is -2.37. The van der Waals surface area contributed by atoms with Gasteiger partial charge >= 0.3 is 5.97 Å². The number of sulfonamides is 1. The van der Waals surface area contributed by atoms with Crippen molar-refractivity contribution < 1.29 is 22.3 Å². The summed E-state index contributed by atoms with van der Waals surface area (Å²) in [5, 5.41) is 0.127. The minimum atomic E-state index is -4.17. The Balaban J connectivity index is 2.52. The van der Waals surface area contributed by atoms with E-state index in [0.29, 0.717) is 4.47 Å². The molecule has 2 rings (SSSR count). The number of anilines is 1. The first-order chi connectivity index (χ1) is 12.1. The van der Waals surface area contributed by atoms with Gasteiger partial charge in [0.25, 0.3) is 10.0 Å². The number of benzene rings is 2. The third-order valence-electron chi connectivity index (χ3n) is 3.22. The van der Waals surface area contributed by atoms with Crippen molar-refractivity contribution in [1.29, 1.82) is 0 Å². The molecule has 0 aliphatic rings. The molecule has 0 saturated carbocycles.